The van der Waals surface area contributed by atoms with Gasteiger partial charge in [-0.1, -0.05) is 48.0 Å². The molecule has 0 unspecified atom stereocenters. The van der Waals surface area contributed by atoms with Crippen LogP contribution in [0.15, 0.2) is 70.7 Å². The molecule has 0 amide bonds. The highest BCUT2D eigenvalue weighted by molar-refractivity contribution is 7.89. The molecule has 2 aromatic carbocycles. The summed E-state index contributed by atoms with van der Waals surface area (Å²) in [5.74, 6) is -0.0157. The Morgan fingerprint density at radius 3 is 2.46 bits per heavy atom. The van der Waals surface area contributed by atoms with Crippen LogP contribution in [0.25, 0.3) is 22.0 Å². The predicted molar refractivity (Wildman–Crippen MR) is 111 cm³/mol. The van der Waals surface area contributed by atoms with Crippen molar-refractivity contribution in [2.75, 3.05) is 0 Å². The predicted octanol–water partition coefficient (Wildman–Crippen LogP) is 5.23. The Morgan fingerprint density at radius 1 is 0.929 bits per heavy atom. The van der Waals surface area contributed by atoms with E-state index in [-0.39, 0.29) is 11.5 Å². The zero-order chi connectivity index (χ0) is 19.6. The normalized spacial score (nSPS) is 11.6. The van der Waals surface area contributed by atoms with Crippen LogP contribution in [0.1, 0.15) is 11.4 Å². The van der Waals surface area contributed by atoms with Crippen molar-refractivity contribution in [1.29, 1.82) is 0 Å². The maximum absolute atomic E-state index is 12.6. The molecular weight excluding hydrogens is 416 g/mol. The van der Waals surface area contributed by atoms with Crippen molar-refractivity contribution in [3.05, 3.63) is 82.7 Å². The second-order valence-corrected chi connectivity index (χ2v) is 9.56. The fraction of sp³-hybridized carbons (Fsp3) is 0.100. The van der Waals surface area contributed by atoms with Crippen molar-refractivity contribution in [3.63, 3.8) is 0 Å². The van der Waals surface area contributed by atoms with E-state index in [0.717, 1.165) is 10.6 Å². The van der Waals surface area contributed by atoms with Gasteiger partial charge in [-0.2, -0.15) is 0 Å². The molecule has 2 aromatic heterocycles. The van der Waals surface area contributed by atoms with Gasteiger partial charge in [-0.15, -0.1) is 11.3 Å². The van der Waals surface area contributed by atoms with E-state index >= 15 is 0 Å². The number of hydrogen-bond donors (Lipinski definition) is 0. The van der Waals surface area contributed by atoms with Crippen LogP contribution < -0.4 is 0 Å². The number of hydrogen-bond acceptors (Lipinski definition) is 6. The molecule has 4 aromatic rings. The molecule has 142 valence electrons. The molecule has 0 N–H and O–H groups in total. The first kappa shape index (κ1) is 18.9. The average molecular weight is 431 g/mol. The summed E-state index contributed by atoms with van der Waals surface area (Å²) in [6.45, 7) is 0. The molecule has 0 fully saturated rings. The van der Waals surface area contributed by atoms with E-state index < -0.39 is 9.84 Å². The Balaban J connectivity index is 1.47. The average Bonchev–Trinajstić information content (AvgIpc) is 3.31. The molecule has 0 aliphatic heterocycles. The second-order valence-electron chi connectivity index (χ2n) is 6.20. The summed E-state index contributed by atoms with van der Waals surface area (Å²) in [6, 6.07) is 16.7. The molecular formula is C20H15ClN2O3S2. The van der Waals surface area contributed by atoms with Gasteiger partial charge in [0.05, 0.1) is 22.9 Å². The minimum Gasteiger partial charge on any atom is -0.444 e. The quantitative estimate of drug-likeness (QED) is 0.418. The number of halogens is 1. The van der Waals surface area contributed by atoms with Crippen LogP contribution in [-0.2, 0) is 21.3 Å². The Labute approximate surface area is 171 Å². The number of sulfone groups is 1. The summed E-state index contributed by atoms with van der Waals surface area (Å²) < 4.78 is 30.6. The number of thiazole rings is 1. The Morgan fingerprint density at radius 2 is 1.68 bits per heavy atom. The van der Waals surface area contributed by atoms with Crippen LogP contribution in [-0.4, -0.2) is 18.4 Å². The summed E-state index contributed by atoms with van der Waals surface area (Å²) in [7, 11) is -3.44. The zero-order valence-electron chi connectivity index (χ0n) is 14.6. The lowest BCUT2D eigenvalue weighted by Gasteiger charge is -1.99. The molecule has 0 aliphatic carbocycles. The standard InChI is InChI=1S/C20H15ClN2O3S2/c21-16-8-4-7-15(9-16)19-22-17(10-26-19)12-28(24,25)13-18-11-27-20(23-18)14-5-2-1-3-6-14/h1-11H,12-13H2. The summed E-state index contributed by atoms with van der Waals surface area (Å²) >= 11 is 7.40. The number of nitrogens with zero attached hydrogens (tertiary/aromatic N) is 2. The third kappa shape index (κ3) is 4.49. The van der Waals surface area contributed by atoms with E-state index in [1.54, 1.807) is 29.6 Å². The summed E-state index contributed by atoms with van der Waals surface area (Å²) in [5.41, 5.74) is 2.55. The lowest BCUT2D eigenvalue weighted by atomic mass is 10.2. The fourth-order valence-electron chi connectivity index (χ4n) is 2.72. The van der Waals surface area contributed by atoms with Gasteiger partial charge in [-0.25, -0.2) is 18.4 Å². The minimum atomic E-state index is -3.44. The van der Waals surface area contributed by atoms with E-state index in [2.05, 4.69) is 9.97 Å². The van der Waals surface area contributed by atoms with Crippen molar-refractivity contribution in [1.82, 2.24) is 9.97 Å². The second kappa shape index (κ2) is 7.87. The summed E-state index contributed by atoms with van der Waals surface area (Å²) in [6.07, 6.45) is 1.37. The molecule has 0 radical (unpaired) electrons. The van der Waals surface area contributed by atoms with Crippen LogP contribution in [0.3, 0.4) is 0 Å². The maximum atomic E-state index is 12.6. The summed E-state index contributed by atoms with van der Waals surface area (Å²) in [5, 5.41) is 3.14. The van der Waals surface area contributed by atoms with Crippen molar-refractivity contribution in [2.45, 2.75) is 11.5 Å². The van der Waals surface area contributed by atoms with Gasteiger partial charge in [-0.05, 0) is 18.2 Å². The van der Waals surface area contributed by atoms with Gasteiger partial charge < -0.3 is 4.42 Å². The number of rotatable bonds is 6. The zero-order valence-corrected chi connectivity index (χ0v) is 17.0. The van der Waals surface area contributed by atoms with Crippen molar-refractivity contribution in [3.8, 4) is 22.0 Å². The smallest absolute Gasteiger partial charge is 0.226 e. The van der Waals surface area contributed by atoms with Gasteiger partial charge in [0.25, 0.3) is 0 Å². The number of aromatic nitrogens is 2. The van der Waals surface area contributed by atoms with Crippen molar-refractivity contribution in [2.24, 2.45) is 0 Å². The lowest BCUT2D eigenvalue weighted by Crippen LogP contribution is -2.08. The van der Waals surface area contributed by atoms with Crippen LogP contribution in [0.2, 0.25) is 5.02 Å². The molecule has 8 heteroatoms. The van der Waals surface area contributed by atoms with Crippen LogP contribution in [0.5, 0.6) is 0 Å². The number of oxazole rings is 1. The highest BCUT2D eigenvalue weighted by Crippen LogP contribution is 2.26. The van der Waals surface area contributed by atoms with Crippen molar-refractivity contribution < 1.29 is 12.8 Å². The number of benzene rings is 2. The first-order valence-electron chi connectivity index (χ1n) is 8.39. The molecule has 0 saturated heterocycles. The molecule has 0 aliphatic rings. The maximum Gasteiger partial charge on any atom is 0.226 e. The summed E-state index contributed by atoms with van der Waals surface area (Å²) in [4.78, 5) is 8.73. The minimum absolute atomic E-state index is 0.143. The lowest BCUT2D eigenvalue weighted by molar-refractivity contribution is 0.571. The third-order valence-electron chi connectivity index (χ3n) is 3.93. The third-order valence-corrected chi connectivity index (χ3v) is 6.58. The van der Waals surface area contributed by atoms with E-state index in [4.69, 9.17) is 16.0 Å². The Hall–Kier alpha value is -2.48. The van der Waals surface area contributed by atoms with Crippen LogP contribution in [0, 0.1) is 0 Å². The van der Waals surface area contributed by atoms with Gasteiger partial charge in [0.15, 0.2) is 9.84 Å². The van der Waals surface area contributed by atoms with E-state index in [1.165, 1.54) is 17.6 Å². The first-order valence-corrected chi connectivity index (χ1v) is 11.5. The molecule has 2 heterocycles. The van der Waals surface area contributed by atoms with E-state index in [1.807, 2.05) is 30.3 Å². The molecule has 28 heavy (non-hydrogen) atoms. The van der Waals surface area contributed by atoms with Gasteiger partial charge in [-0.3, -0.25) is 0 Å². The molecule has 0 atom stereocenters. The van der Waals surface area contributed by atoms with E-state index in [9.17, 15) is 8.42 Å². The highest BCUT2D eigenvalue weighted by atomic mass is 35.5. The van der Waals surface area contributed by atoms with Gasteiger partial charge in [0.1, 0.15) is 11.3 Å². The molecule has 0 spiro atoms. The Bertz CT molecular complexity index is 1200. The molecule has 0 saturated carbocycles. The van der Waals surface area contributed by atoms with Crippen molar-refractivity contribution >= 4 is 32.8 Å². The van der Waals surface area contributed by atoms with Crippen LogP contribution in [0.4, 0.5) is 0 Å². The highest BCUT2D eigenvalue weighted by Gasteiger charge is 2.19. The fourth-order valence-corrected chi connectivity index (χ4v) is 5.12. The van der Waals surface area contributed by atoms with Gasteiger partial charge in [0, 0.05) is 21.5 Å². The van der Waals surface area contributed by atoms with Gasteiger partial charge >= 0.3 is 0 Å². The van der Waals surface area contributed by atoms with Gasteiger partial charge in [0.2, 0.25) is 5.89 Å². The van der Waals surface area contributed by atoms with Crippen LogP contribution >= 0.6 is 22.9 Å². The Kier molecular flexibility index (Phi) is 5.30. The van der Waals surface area contributed by atoms with E-state index in [0.29, 0.717) is 27.9 Å². The first-order chi connectivity index (χ1) is 13.5. The monoisotopic (exact) mass is 430 g/mol. The SMILES string of the molecule is O=S(=O)(Cc1coc(-c2cccc(Cl)c2)n1)Cc1csc(-c2ccccc2)n1. The largest absolute Gasteiger partial charge is 0.444 e. The molecule has 0 bridgehead atoms. The topological polar surface area (TPSA) is 73.1 Å². The molecule has 4 rings (SSSR count). The molecule has 5 nitrogen and oxygen atoms in total.